The predicted molar refractivity (Wildman–Crippen MR) is 571 cm³/mol. The number of fused-ring (bicyclic) bond motifs is 9. The third-order valence-electron chi connectivity index (χ3n) is 32.7. The molecule has 6 saturated heterocycles. The van der Waals surface area contributed by atoms with E-state index in [1.165, 1.54) is 126 Å². The third kappa shape index (κ3) is 22.7. The molecule has 28 rings (SSSR count). The first-order valence-corrected chi connectivity index (χ1v) is 57.2. The van der Waals surface area contributed by atoms with Crippen LogP contribution in [-0.4, -0.2) is 148 Å². The molecule has 8 saturated carbocycles. The van der Waals surface area contributed by atoms with Crippen LogP contribution in [0.5, 0.6) is 0 Å². The molecule has 0 spiro atoms. The van der Waals surface area contributed by atoms with Crippen LogP contribution in [0.4, 0.5) is 15.1 Å². The van der Waals surface area contributed by atoms with E-state index in [2.05, 4.69) is 157 Å². The summed E-state index contributed by atoms with van der Waals surface area (Å²) in [6, 6.07) is 61.2. The third-order valence-corrected chi connectivity index (χ3v) is 36.1. The monoisotopic (exact) mass is 2110 g/mol. The average Bonchev–Trinajstić information content (AvgIpc) is 1.60. The SMILES string of the molecule is CC(C)(C)OC(=O)N1C2CC[C@H]1CC(OCc1c(C3CC3c3ccccc3)noc1C1CC1)C2.CCOC(=O)c1ccc2nc(Cl)sc2c1.CCOC(=O)c1ccc2nc(N3C4CC[C@H]3CC(OCc3c(C5CC5c5ccccc5)noc3C3CC3)C4)sc2c1.ClCc1c(C2CC2c2ccccc2)noc1C1CC1.O=C(O)c1ccc2nc(N3C4CC[C@H]3CC(OCc3c(C5CC5c5ccccc5)noc3C3CC3)C4)sc2c1.[Li+].[OH-]. The van der Waals surface area contributed by atoms with Gasteiger partial charge in [-0.25, -0.2) is 34.1 Å². The van der Waals surface area contributed by atoms with Crippen molar-refractivity contribution < 1.29 is 95.1 Å². The van der Waals surface area contributed by atoms with E-state index in [0.29, 0.717) is 155 Å². The molecule has 2 N–H and O–H groups in total. The van der Waals surface area contributed by atoms with Crippen molar-refractivity contribution in [3.8, 4) is 0 Å². The Morgan fingerprint density at radius 1 is 0.387 bits per heavy atom. The van der Waals surface area contributed by atoms with Gasteiger partial charge in [0, 0.05) is 106 Å². The number of carbonyl (C=O) groups excluding carboxylic acids is 3. The van der Waals surface area contributed by atoms with Gasteiger partial charge in [-0.3, -0.25) is 0 Å². The fourth-order valence-electron chi connectivity index (χ4n) is 24.4. The Morgan fingerprint density at radius 3 is 1.01 bits per heavy atom. The van der Waals surface area contributed by atoms with Crippen molar-refractivity contribution in [2.75, 3.05) is 23.0 Å². The molecule has 7 aromatic heterocycles. The van der Waals surface area contributed by atoms with Crippen LogP contribution in [0.2, 0.25) is 4.47 Å². The summed E-state index contributed by atoms with van der Waals surface area (Å²) < 4.78 is 62.4. The van der Waals surface area contributed by atoms with Gasteiger partial charge in [-0.05, 0) is 289 Å². The zero-order valence-corrected chi connectivity index (χ0v) is 89.6. The number of thiazole rings is 3. The number of carbonyl (C=O) groups is 4. The fourth-order valence-corrected chi connectivity index (χ4v) is 28.0. The molecule has 14 aromatic rings. The molecule has 26 nitrogen and oxygen atoms in total. The molecule has 8 aliphatic carbocycles. The van der Waals surface area contributed by atoms with Crippen molar-refractivity contribution in [3.63, 3.8) is 0 Å². The van der Waals surface area contributed by atoms with Gasteiger partial charge >= 0.3 is 42.9 Å². The number of benzene rings is 7. The van der Waals surface area contributed by atoms with Crippen LogP contribution in [0.3, 0.4) is 0 Å². The maximum atomic E-state index is 12.8. The molecule has 14 unspecified atom stereocenters. The van der Waals surface area contributed by atoms with Gasteiger partial charge in [0.25, 0.3) is 0 Å². The van der Waals surface area contributed by atoms with Crippen LogP contribution in [0.1, 0.15) is 381 Å². The topological polar surface area (TPSA) is 326 Å². The number of carboxylic acid groups (broad SMARTS) is 1. The first kappa shape index (κ1) is 104. The number of carboxylic acids is 1. The molecule has 778 valence electrons. The molecular formula is C118H127Cl2LiN10O16S3. The van der Waals surface area contributed by atoms with Gasteiger partial charge in [0.05, 0.1) is 127 Å². The number of halogens is 2. The number of hydrogen-bond donors (Lipinski definition) is 1. The summed E-state index contributed by atoms with van der Waals surface area (Å²) in [5.41, 5.74) is 18.5. The predicted octanol–water partition coefficient (Wildman–Crippen LogP) is 25.0. The van der Waals surface area contributed by atoms with Crippen molar-refractivity contribution in [1.82, 2.24) is 40.5 Å². The van der Waals surface area contributed by atoms with Gasteiger partial charge in [0.15, 0.2) is 14.7 Å². The van der Waals surface area contributed by atoms with Crippen LogP contribution in [0.15, 0.2) is 194 Å². The number of hydrogen-bond acceptors (Lipinski definition) is 27. The van der Waals surface area contributed by atoms with Gasteiger partial charge in [0.2, 0.25) is 0 Å². The van der Waals surface area contributed by atoms with E-state index in [-0.39, 0.29) is 72.8 Å². The Labute approximate surface area is 906 Å². The minimum absolute atomic E-state index is 0. The van der Waals surface area contributed by atoms with E-state index >= 15 is 0 Å². The number of nitrogens with zero attached hydrogens (tertiary/aromatic N) is 10. The van der Waals surface area contributed by atoms with Gasteiger partial charge in [-0.1, -0.05) is 176 Å². The number of esters is 2. The van der Waals surface area contributed by atoms with Crippen molar-refractivity contribution in [1.29, 1.82) is 0 Å². The number of aromatic carboxylic acids is 1. The number of ether oxygens (including phenoxy) is 6. The van der Waals surface area contributed by atoms with Crippen molar-refractivity contribution >= 4 is 122 Å². The largest absolute Gasteiger partial charge is 1.00 e. The zero-order valence-electron chi connectivity index (χ0n) is 85.6. The van der Waals surface area contributed by atoms with Gasteiger partial charge in [-0.15, -0.1) is 22.9 Å². The summed E-state index contributed by atoms with van der Waals surface area (Å²) >= 11 is 16.5. The molecule has 7 aromatic carbocycles. The second kappa shape index (κ2) is 44.4. The van der Waals surface area contributed by atoms with E-state index < -0.39 is 11.6 Å². The van der Waals surface area contributed by atoms with Crippen LogP contribution >= 0.6 is 57.2 Å². The molecule has 1 amide bonds. The number of amides is 1. The molecule has 150 heavy (non-hydrogen) atoms. The molecule has 6 bridgehead atoms. The fraction of sp³-hybridized carbons (Fsp3) is 0.483. The Morgan fingerprint density at radius 2 is 0.687 bits per heavy atom. The van der Waals surface area contributed by atoms with E-state index in [4.69, 9.17) is 79.7 Å². The Kier molecular flexibility index (Phi) is 30.7. The second-order valence-electron chi connectivity index (χ2n) is 44.1. The molecule has 32 heteroatoms. The van der Waals surface area contributed by atoms with E-state index in [1.54, 1.807) is 59.9 Å². The van der Waals surface area contributed by atoms with Crippen LogP contribution in [0, 0.1) is 0 Å². The Hall–Kier alpha value is -10.7. The first-order valence-electron chi connectivity index (χ1n) is 53.8. The van der Waals surface area contributed by atoms with Crippen molar-refractivity contribution in [3.05, 3.63) is 287 Å². The average molecular weight is 2120 g/mol. The quantitative estimate of drug-likeness (QED) is 0.0197. The molecular weight excluding hydrogens is 1990 g/mol. The first-order chi connectivity index (χ1) is 72.2. The van der Waals surface area contributed by atoms with Crippen molar-refractivity contribution in [2.45, 2.75) is 346 Å². The van der Waals surface area contributed by atoms with E-state index in [9.17, 15) is 24.3 Å². The van der Waals surface area contributed by atoms with Crippen LogP contribution in [0.25, 0.3) is 30.6 Å². The summed E-state index contributed by atoms with van der Waals surface area (Å²) in [4.78, 5) is 68.8. The summed E-state index contributed by atoms with van der Waals surface area (Å²) in [7, 11) is 0. The molecule has 0 radical (unpaired) electrons. The standard InChI is InChI=1S/C33H35N3O4S.C31H31N3O4S.C28H36N2O4.C16H16ClNO.C10H8ClNO2S.Li.H2O/c1-2-38-32(37)21-10-13-28-29(14-21)41-33(34-28)36-22-11-12-23(36)16-24(15-22)39-18-27-30(35-40-31(27)20-8-9-20)26-17-25(26)19-6-4-3-5-7-19;35-30(36)19-8-11-26-27(12-19)39-31(32-26)34-20-9-10-21(34)14-22(13-20)37-16-25-28(33-38-29(25)18-6-7-18)24-15-23(24)17-4-2-1-3-5-17;1-28(2,3)33-27(31)30-19-11-12-20(30)14-21(13-19)32-16-24-25(29-34-26(24)18-9-10-18)23-15-22(23)17-7-5-4-6-8-17;17-9-14-15(18-19-16(14)11-6-7-11)13-8-12(13)10-4-2-1-3-5-10;1-2-14-9(13)6-3-4-7-8(5-6)15-10(11)12-7;;/h3-7,10,13-14,20,22-26H,2,8-9,11-12,15-18H2,1H3;1-5,8,11-12,18,20-24H,6-7,9-10,13-16H2,(H,35,36);4-8,18-23H,9-16H2,1-3H3;1-5,11-13H,6-9H2;3-5H,2H2,1H3;;1H2/q;;;;;+1;/p-1/t22-,23?,24?,25?,26?;20-,21?,22?,23?,24?;19-,20?,21?,22?,23?;;;;/m000..../s1. The number of aromatic nitrogens is 7. The summed E-state index contributed by atoms with van der Waals surface area (Å²) in [6.45, 7) is 11.9. The maximum Gasteiger partial charge on any atom is 1.00 e. The minimum atomic E-state index is -0.900. The van der Waals surface area contributed by atoms with E-state index in [1.807, 2.05) is 56.9 Å². The van der Waals surface area contributed by atoms with Gasteiger partial charge in [0.1, 0.15) is 28.6 Å². The number of rotatable bonds is 29. The minimum Gasteiger partial charge on any atom is -0.870 e. The Balaban J connectivity index is 0.000000110. The molecule has 6 aliphatic heterocycles. The van der Waals surface area contributed by atoms with Crippen LogP contribution in [-0.2, 0) is 54.1 Å². The molecule has 14 fully saturated rings. The molecule has 14 aliphatic rings. The van der Waals surface area contributed by atoms with Crippen molar-refractivity contribution in [2.24, 2.45) is 0 Å². The number of anilines is 2. The summed E-state index contributed by atoms with van der Waals surface area (Å²) in [5, 5.41) is 29.5. The molecule has 13 heterocycles. The normalized spacial score (nSPS) is 25.8. The Bertz CT molecular complexity index is 7100. The van der Waals surface area contributed by atoms with Gasteiger partial charge in [-0.2, -0.15) is 0 Å². The van der Waals surface area contributed by atoms with E-state index in [0.717, 1.165) is 170 Å². The maximum absolute atomic E-state index is 12.8. The second-order valence-corrected chi connectivity index (χ2v) is 48.0. The zero-order chi connectivity index (χ0) is 101. The van der Waals surface area contributed by atoms with Crippen LogP contribution < -0.4 is 28.7 Å². The molecule has 17 atom stereocenters. The number of piperidine rings is 3. The summed E-state index contributed by atoms with van der Waals surface area (Å²) in [6.07, 6.45) is 27.1. The summed E-state index contributed by atoms with van der Waals surface area (Å²) in [5.74, 6) is 9.44. The smallest absolute Gasteiger partial charge is 0.870 e. The van der Waals surface area contributed by atoms with Gasteiger partial charge < -0.3 is 71.8 Å². The number of alkyl halides is 1.